The van der Waals surface area contributed by atoms with Crippen molar-refractivity contribution in [2.45, 2.75) is 70.1 Å². The fraction of sp³-hybridized carbons (Fsp3) is 0.929. The van der Waals surface area contributed by atoms with Crippen molar-refractivity contribution >= 4 is 5.91 Å². The van der Waals surface area contributed by atoms with E-state index in [0.717, 1.165) is 25.9 Å². The summed E-state index contributed by atoms with van der Waals surface area (Å²) in [5, 5.41) is 3.15. The molecule has 0 radical (unpaired) electrons. The summed E-state index contributed by atoms with van der Waals surface area (Å²) in [7, 11) is 0. The van der Waals surface area contributed by atoms with Crippen molar-refractivity contribution in [3.05, 3.63) is 0 Å². The van der Waals surface area contributed by atoms with Gasteiger partial charge in [-0.3, -0.25) is 4.79 Å². The molecule has 104 valence electrons. The minimum Gasteiger partial charge on any atom is -0.376 e. The molecule has 0 bridgehead atoms. The molecule has 2 rings (SSSR count). The van der Waals surface area contributed by atoms with Gasteiger partial charge in [0.1, 0.15) is 0 Å². The number of nitrogens with two attached hydrogens (primary N) is 1. The van der Waals surface area contributed by atoms with E-state index in [4.69, 9.17) is 10.5 Å². The molecule has 18 heavy (non-hydrogen) atoms. The highest BCUT2D eigenvalue weighted by atomic mass is 16.5. The maximum atomic E-state index is 12.1. The molecule has 1 aliphatic carbocycles. The molecule has 1 saturated heterocycles. The number of ether oxygens (including phenoxy) is 1. The number of hydrogen-bond acceptors (Lipinski definition) is 3. The number of carbonyl (C=O) groups excluding carboxylic acids is 1. The fourth-order valence-electron chi connectivity index (χ4n) is 3.10. The third-order valence-corrected chi connectivity index (χ3v) is 4.73. The Morgan fingerprint density at radius 2 is 2.17 bits per heavy atom. The zero-order valence-corrected chi connectivity index (χ0v) is 11.6. The van der Waals surface area contributed by atoms with Crippen LogP contribution in [0.3, 0.4) is 0 Å². The molecule has 4 unspecified atom stereocenters. The van der Waals surface area contributed by atoms with E-state index in [9.17, 15) is 4.79 Å². The van der Waals surface area contributed by atoms with Crippen molar-refractivity contribution in [2.24, 2.45) is 11.7 Å². The quantitative estimate of drug-likeness (QED) is 0.803. The van der Waals surface area contributed by atoms with E-state index >= 15 is 0 Å². The fourth-order valence-corrected chi connectivity index (χ4v) is 3.10. The van der Waals surface area contributed by atoms with E-state index in [1.165, 1.54) is 12.8 Å². The monoisotopic (exact) mass is 254 g/mol. The lowest BCUT2D eigenvalue weighted by atomic mass is 9.82. The van der Waals surface area contributed by atoms with Crippen LogP contribution in [0.2, 0.25) is 0 Å². The molecular weight excluding hydrogens is 228 g/mol. The number of carbonyl (C=O) groups is 1. The number of amides is 1. The maximum absolute atomic E-state index is 12.1. The van der Waals surface area contributed by atoms with Crippen LogP contribution in [-0.2, 0) is 9.53 Å². The van der Waals surface area contributed by atoms with Gasteiger partial charge in [0, 0.05) is 19.1 Å². The van der Waals surface area contributed by atoms with Gasteiger partial charge in [0.25, 0.3) is 0 Å². The predicted molar refractivity (Wildman–Crippen MR) is 71.1 cm³/mol. The van der Waals surface area contributed by atoms with Gasteiger partial charge in [0.15, 0.2) is 0 Å². The molecule has 2 aliphatic rings. The van der Waals surface area contributed by atoms with Gasteiger partial charge in [-0.15, -0.1) is 0 Å². The van der Waals surface area contributed by atoms with Gasteiger partial charge in [-0.1, -0.05) is 12.8 Å². The van der Waals surface area contributed by atoms with E-state index in [1.807, 2.05) is 6.92 Å². The Balaban J connectivity index is 1.84. The first-order valence-corrected chi connectivity index (χ1v) is 7.19. The first-order valence-electron chi connectivity index (χ1n) is 7.19. The summed E-state index contributed by atoms with van der Waals surface area (Å²) in [4.78, 5) is 12.1. The first-order chi connectivity index (χ1) is 8.51. The van der Waals surface area contributed by atoms with Crippen molar-refractivity contribution in [3.63, 3.8) is 0 Å². The van der Waals surface area contributed by atoms with Gasteiger partial charge in [-0.2, -0.15) is 0 Å². The Labute approximate surface area is 110 Å². The highest BCUT2D eigenvalue weighted by Gasteiger charge is 2.38. The number of hydrogen-bond donors (Lipinski definition) is 2. The molecule has 0 aromatic carbocycles. The molecule has 0 aromatic heterocycles. The molecule has 1 amide bonds. The van der Waals surface area contributed by atoms with Gasteiger partial charge in [0.05, 0.1) is 11.6 Å². The second kappa shape index (κ2) is 5.57. The van der Waals surface area contributed by atoms with Crippen molar-refractivity contribution in [2.75, 3.05) is 6.61 Å². The van der Waals surface area contributed by atoms with Crippen molar-refractivity contribution in [3.8, 4) is 0 Å². The molecule has 0 aromatic rings. The van der Waals surface area contributed by atoms with Crippen LogP contribution in [0.15, 0.2) is 0 Å². The topological polar surface area (TPSA) is 64.3 Å². The number of nitrogens with one attached hydrogen (secondary N) is 1. The molecular formula is C14H26N2O2. The lowest BCUT2D eigenvalue weighted by Crippen LogP contribution is -2.51. The van der Waals surface area contributed by atoms with E-state index in [1.54, 1.807) is 0 Å². The molecule has 1 heterocycles. The second-order valence-corrected chi connectivity index (χ2v) is 6.14. The zero-order chi connectivity index (χ0) is 13.2. The van der Waals surface area contributed by atoms with E-state index < -0.39 is 0 Å². The molecule has 1 aliphatic heterocycles. The van der Waals surface area contributed by atoms with Gasteiger partial charge < -0.3 is 15.8 Å². The van der Waals surface area contributed by atoms with Crippen LogP contribution in [0.4, 0.5) is 0 Å². The van der Waals surface area contributed by atoms with Gasteiger partial charge in [-0.25, -0.2) is 0 Å². The summed E-state index contributed by atoms with van der Waals surface area (Å²) in [6.07, 6.45) is 6.15. The van der Waals surface area contributed by atoms with E-state index in [0.29, 0.717) is 12.3 Å². The Morgan fingerprint density at radius 1 is 1.44 bits per heavy atom. The maximum Gasteiger partial charge on any atom is 0.220 e. The van der Waals surface area contributed by atoms with Gasteiger partial charge in [-0.05, 0) is 39.0 Å². The largest absolute Gasteiger partial charge is 0.376 e. The molecule has 4 nitrogen and oxygen atoms in total. The van der Waals surface area contributed by atoms with Crippen LogP contribution in [0, 0.1) is 5.92 Å². The second-order valence-electron chi connectivity index (χ2n) is 6.14. The third kappa shape index (κ3) is 3.04. The minimum atomic E-state index is -0.199. The van der Waals surface area contributed by atoms with Crippen molar-refractivity contribution < 1.29 is 9.53 Å². The van der Waals surface area contributed by atoms with Gasteiger partial charge in [0.2, 0.25) is 5.91 Å². The Bertz CT molecular complexity index is 308. The lowest BCUT2D eigenvalue weighted by molar-refractivity contribution is -0.124. The predicted octanol–water partition coefficient (Wildman–Crippen LogP) is 1.58. The first kappa shape index (κ1) is 13.8. The normalized spacial score (nSPS) is 40.7. The van der Waals surface area contributed by atoms with Crippen molar-refractivity contribution in [1.29, 1.82) is 0 Å². The SMILES string of the molecule is CC1OCCC1(C)NC(=O)CC1CCCCC1N. The standard InChI is InChI=1S/C14H26N2O2/c1-10-14(2,7-8-18-10)16-13(17)9-11-5-3-4-6-12(11)15/h10-12H,3-9,15H2,1-2H3,(H,16,17). The number of rotatable bonds is 3. The van der Waals surface area contributed by atoms with Crippen LogP contribution in [0.1, 0.15) is 52.4 Å². The van der Waals surface area contributed by atoms with Crippen LogP contribution >= 0.6 is 0 Å². The van der Waals surface area contributed by atoms with E-state index in [-0.39, 0.29) is 23.6 Å². The van der Waals surface area contributed by atoms with Crippen LogP contribution in [0.5, 0.6) is 0 Å². The summed E-state index contributed by atoms with van der Waals surface area (Å²) in [6.45, 7) is 4.84. The summed E-state index contributed by atoms with van der Waals surface area (Å²) < 4.78 is 5.54. The zero-order valence-electron chi connectivity index (χ0n) is 11.6. The summed E-state index contributed by atoms with van der Waals surface area (Å²) >= 11 is 0. The average molecular weight is 254 g/mol. The Kier molecular flexibility index (Phi) is 4.28. The Morgan fingerprint density at radius 3 is 2.78 bits per heavy atom. The highest BCUT2D eigenvalue weighted by molar-refractivity contribution is 5.77. The van der Waals surface area contributed by atoms with Crippen molar-refractivity contribution in [1.82, 2.24) is 5.32 Å². The molecule has 4 heteroatoms. The average Bonchev–Trinajstić information content (AvgIpc) is 2.62. The molecule has 2 fully saturated rings. The summed E-state index contributed by atoms with van der Waals surface area (Å²) in [5.74, 6) is 0.497. The molecule has 3 N–H and O–H groups in total. The third-order valence-electron chi connectivity index (χ3n) is 4.73. The molecule has 4 atom stereocenters. The minimum absolute atomic E-state index is 0.0986. The molecule has 0 spiro atoms. The Hall–Kier alpha value is -0.610. The van der Waals surface area contributed by atoms with E-state index in [2.05, 4.69) is 12.2 Å². The summed E-state index contributed by atoms with van der Waals surface area (Å²) in [5.41, 5.74) is 5.89. The van der Waals surface area contributed by atoms with Crippen LogP contribution in [0.25, 0.3) is 0 Å². The highest BCUT2D eigenvalue weighted by Crippen LogP contribution is 2.28. The van der Waals surface area contributed by atoms with Crippen LogP contribution in [-0.4, -0.2) is 30.2 Å². The van der Waals surface area contributed by atoms with Gasteiger partial charge >= 0.3 is 0 Å². The van der Waals surface area contributed by atoms with Crippen LogP contribution < -0.4 is 11.1 Å². The summed E-state index contributed by atoms with van der Waals surface area (Å²) in [6, 6.07) is 0.203. The molecule has 1 saturated carbocycles. The smallest absolute Gasteiger partial charge is 0.220 e. The lowest BCUT2D eigenvalue weighted by Gasteiger charge is -2.32.